The molecule has 14 heavy (non-hydrogen) atoms. The first-order valence-electron chi connectivity index (χ1n) is 3.55. The summed E-state index contributed by atoms with van der Waals surface area (Å²) in [6, 6.07) is 0. The van der Waals surface area contributed by atoms with Crippen LogP contribution < -0.4 is 5.73 Å². The maximum atomic E-state index is 10.2. The van der Waals surface area contributed by atoms with Gasteiger partial charge in [-0.1, -0.05) is 6.58 Å². The van der Waals surface area contributed by atoms with E-state index in [0.29, 0.717) is 18.4 Å². The first kappa shape index (κ1) is 15.7. The van der Waals surface area contributed by atoms with E-state index in [9.17, 15) is 4.79 Å². The molecule has 0 aromatic carbocycles. The minimum atomic E-state index is -4.64. The van der Waals surface area contributed by atoms with Gasteiger partial charge in [0.2, 0.25) is 5.91 Å². The van der Waals surface area contributed by atoms with Crippen molar-refractivity contribution >= 4 is 13.7 Å². The highest BCUT2D eigenvalue weighted by Crippen LogP contribution is 2.25. The van der Waals surface area contributed by atoms with Crippen LogP contribution in [0.2, 0.25) is 0 Å². The van der Waals surface area contributed by atoms with Crippen molar-refractivity contribution in [1.29, 1.82) is 0 Å². The summed E-state index contributed by atoms with van der Waals surface area (Å²) in [4.78, 5) is 31.8. The Balaban J connectivity index is 0. The van der Waals surface area contributed by atoms with Gasteiger partial charge in [-0.15, -0.1) is 0 Å². The van der Waals surface area contributed by atoms with Crippen molar-refractivity contribution in [3.05, 3.63) is 12.2 Å². The number of aliphatic hydroxyl groups is 1. The fourth-order valence-corrected chi connectivity index (χ4v) is 0.416. The van der Waals surface area contributed by atoms with Gasteiger partial charge < -0.3 is 25.5 Å². The highest BCUT2D eigenvalue weighted by Gasteiger charge is 2.00. The smallest absolute Gasteiger partial charge is 0.396 e. The van der Waals surface area contributed by atoms with Gasteiger partial charge in [-0.25, -0.2) is 4.57 Å². The molecule has 0 saturated carbocycles. The van der Waals surface area contributed by atoms with Crippen molar-refractivity contribution < 1.29 is 29.1 Å². The van der Waals surface area contributed by atoms with Crippen LogP contribution in [0.3, 0.4) is 0 Å². The van der Waals surface area contributed by atoms with E-state index in [-0.39, 0.29) is 6.61 Å². The predicted molar refractivity (Wildman–Crippen MR) is 48.9 cm³/mol. The topological polar surface area (TPSA) is 141 Å². The van der Waals surface area contributed by atoms with Crippen LogP contribution in [0.1, 0.15) is 12.8 Å². The third-order valence-electron chi connectivity index (χ3n) is 0.985. The number of phosphoric acid groups is 1. The third-order valence-corrected chi connectivity index (χ3v) is 0.985. The van der Waals surface area contributed by atoms with E-state index in [2.05, 4.69) is 6.58 Å². The maximum absolute atomic E-state index is 10.2. The molecule has 0 bridgehead atoms. The van der Waals surface area contributed by atoms with E-state index in [1.165, 1.54) is 0 Å². The van der Waals surface area contributed by atoms with Crippen molar-refractivity contribution in [3.63, 3.8) is 0 Å². The van der Waals surface area contributed by atoms with Crippen molar-refractivity contribution in [3.8, 4) is 0 Å². The summed E-state index contributed by atoms with van der Waals surface area (Å²) < 4.78 is 8.88. The molecule has 0 spiro atoms. The molecule has 0 atom stereocenters. The van der Waals surface area contributed by atoms with Gasteiger partial charge in [0, 0.05) is 12.2 Å². The molecule has 0 aromatic rings. The Hall–Kier alpha value is -0.720. The van der Waals surface area contributed by atoms with Crippen LogP contribution in [0.25, 0.3) is 0 Å². The molecular formula is C6H14NO6P. The molecule has 0 rings (SSSR count). The lowest BCUT2D eigenvalue weighted by atomic mass is 10.2. The minimum Gasteiger partial charge on any atom is -0.396 e. The SMILES string of the molecule is C=C(CCCO)C(N)=O.O=P(O)(O)O. The largest absolute Gasteiger partial charge is 0.466 e. The summed E-state index contributed by atoms with van der Waals surface area (Å²) in [7, 11) is -4.64. The number of nitrogens with two attached hydrogens (primary N) is 1. The summed E-state index contributed by atoms with van der Waals surface area (Å²) in [5.41, 5.74) is 5.24. The molecule has 7 nitrogen and oxygen atoms in total. The Bertz CT molecular complexity index is 226. The molecular weight excluding hydrogens is 213 g/mol. The zero-order valence-electron chi connectivity index (χ0n) is 7.46. The van der Waals surface area contributed by atoms with Crippen molar-refractivity contribution in [2.45, 2.75) is 12.8 Å². The summed E-state index contributed by atoms with van der Waals surface area (Å²) in [5.74, 6) is -0.483. The number of rotatable bonds is 4. The predicted octanol–water partition coefficient (Wildman–Crippen LogP) is -1.13. The zero-order valence-corrected chi connectivity index (χ0v) is 8.35. The van der Waals surface area contributed by atoms with Gasteiger partial charge in [-0.05, 0) is 12.8 Å². The van der Waals surface area contributed by atoms with Crippen LogP contribution >= 0.6 is 7.82 Å². The Labute approximate surface area is 81.1 Å². The summed E-state index contributed by atoms with van der Waals surface area (Å²) in [6.07, 6.45) is 1.05. The van der Waals surface area contributed by atoms with Gasteiger partial charge >= 0.3 is 7.82 Å². The zero-order chi connectivity index (χ0) is 11.8. The molecule has 0 saturated heterocycles. The molecule has 6 N–H and O–H groups in total. The molecule has 0 aliphatic carbocycles. The number of aliphatic hydroxyl groups excluding tert-OH is 1. The highest BCUT2D eigenvalue weighted by atomic mass is 31.2. The standard InChI is InChI=1S/C6H11NO2.H3O4P/c1-5(6(7)9)3-2-4-8;1-5(2,3)4/h8H,1-4H2,(H2,7,9);(H3,1,2,3,4). The van der Waals surface area contributed by atoms with Gasteiger partial charge in [0.05, 0.1) is 0 Å². The molecule has 0 aliphatic rings. The van der Waals surface area contributed by atoms with Crippen LogP contribution in [-0.2, 0) is 9.36 Å². The fraction of sp³-hybridized carbons (Fsp3) is 0.500. The second kappa shape index (κ2) is 7.66. The molecule has 0 unspecified atom stereocenters. The number of carbonyl (C=O) groups is 1. The molecule has 0 heterocycles. The van der Waals surface area contributed by atoms with E-state index in [1.54, 1.807) is 0 Å². The lowest BCUT2D eigenvalue weighted by Crippen LogP contribution is -2.13. The molecule has 84 valence electrons. The second-order valence-electron chi connectivity index (χ2n) is 2.31. The summed E-state index contributed by atoms with van der Waals surface area (Å²) in [5, 5.41) is 8.30. The number of amides is 1. The van der Waals surface area contributed by atoms with Crippen LogP contribution in [-0.4, -0.2) is 32.3 Å². The molecule has 0 radical (unpaired) electrons. The average molecular weight is 227 g/mol. The number of carbonyl (C=O) groups excluding carboxylic acids is 1. The van der Waals surface area contributed by atoms with Crippen LogP contribution in [0.5, 0.6) is 0 Å². The quantitative estimate of drug-likeness (QED) is 0.304. The Morgan fingerprint density at radius 2 is 1.71 bits per heavy atom. The maximum Gasteiger partial charge on any atom is 0.466 e. The molecule has 8 heteroatoms. The van der Waals surface area contributed by atoms with E-state index < -0.39 is 13.7 Å². The van der Waals surface area contributed by atoms with Gasteiger partial charge in [-0.3, -0.25) is 4.79 Å². The summed E-state index contributed by atoms with van der Waals surface area (Å²) >= 11 is 0. The first-order valence-corrected chi connectivity index (χ1v) is 5.11. The average Bonchev–Trinajstić information content (AvgIpc) is 1.96. The highest BCUT2D eigenvalue weighted by molar-refractivity contribution is 7.45. The van der Waals surface area contributed by atoms with Crippen LogP contribution in [0, 0.1) is 0 Å². The Kier molecular flexibility index (Phi) is 8.61. The Morgan fingerprint density at radius 3 is 1.93 bits per heavy atom. The first-order chi connectivity index (χ1) is 6.18. The van der Waals surface area contributed by atoms with Gasteiger partial charge in [0.25, 0.3) is 0 Å². The van der Waals surface area contributed by atoms with Gasteiger partial charge in [0.1, 0.15) is 0 Å². The van der Waals surface area contributed by atoms with Crippen molar-refractivity contribution in [1.82, 2.24) is 0 Å². The van der Waals surface area contributed by atoms with Gasteiger partial charge in [-0.2, -0.15) is 0 Å². The normalized spacial score (nSPS) is 10.0. The lowest BCUT2D eigenvalue weighted by molar-refractivity contribution is -0.114. The van der Waals surface area contributed by atoms with E-state index >= 15 is 0 Å². The third kappa shape index (κ3) is 22.5. The van der Waals surface area contributed by atoms with Gasteiger partial charge in [0.15, 0.2) is 0 Å². The van der Waals surface area contributed by atoms with Crippen LogP contribution in [0.15, 0.2) is 12.2 Å². The fourth-order valence-electron chi connectivity index (χ4n) is 0.416. The van der Waals surface area contributed by atoms with E-state index in [1.807, 2.05) is 0 Å². The number of hydrogen-bond donors (Lipinski definition) is 5. The van der Waals surface area contributed by atoms with Crippen LogP contribution in [0.4, 0.5) is 0 Å². The second-order valence-corrected chi connectivity index (χ2v) is 3.33. The molecule has 0 aliphatic heterocycles. The molecule has 0 aromatic heterocycles. The molecule has 1 amide bonds. The van der Waals surface area contributed by atoms with Crippen molar-refractivity contribution in [2.75, 3.05) is 6.61 Å². The molecule has 0 fully saturated rings. The Morgan fingerprint density at radius 1 is 1.36 bits per heavy atom. The van der Waals surface area contributed by atoms with E-state index in [0.717, 1.165) is 0 Å². The minimum absolute atomic E-state index is 0.0757. The summed E-state index contributed by atoms with van der Waals surface area (Å²) in [6.45, 7) is 3.48. The van der Waals surface area contributed by atoms with E-state index in [4.69, 9.17) is 30.1 Å². The van der Waals surface area contributed by atoms with Crippen molar-refractivity contribution in [2.24, 2.45) is 5.73 Å². The number of hydrogen-bond acceptors (Lipinski definition) is 3. The monoisotopic (exact) mass is 227 g/mol. The number of primary amides is 1. The lowest BCUT2D eigenvalue weighted by Gasteiger charge is -1.95.